The van der Waals surface area contributed by atoms with Gasteiger partial charge in [-0.3, -0.25) is 0 Å². The number of thioether (sulfide) groups is 1. The minimum absolute atomic E-state index is 0.261. The van der Waals surface area contributed by atoms with Crippen molar-refractivity contribution < 1.29 is 4.79 Å². The van der Waals surface area contributed by atoms with E-state index in [9.17, 15) is 4.79 Å². The molecule has 0 radical (unpaired) electrons. The second-order valence-corrected chi connectivity index (χ2v) is 7.00. The molecule has 122 valence electrons. The Hall–Kier alpha value is -1.07. The lowest BCUT2D eigenvalue weighted by molar-refractivity contribution is 0.252. The first-order chi connectivity index (χ1) is 11.1. The molecule has 3 nitrogen and oxygen atoms in total. The summed E-state index contributed by atoms with van der Waals surface area (Å²) >= 11 is 19.7. The Morgan fingerprint density at radius 3 is 2.43 bits per heavy atom. The first-order valence-electron chi connectivity index (χ1n) is 6.87. The zero-order valence-electron chi connectivity index (χ0n) is 12.1. The standard InChI is InChI=1S/C16H15Cl3N2OS/c17-11-3-1-4-12(9-11)21-16(22)20-7-8-23-10-13-14(18)5-2-6-15(13)19/h1-6,9H,7-8,10H2,(H2,20,21,22). The number of hydrogen-bond donors (Lipinski definition) is 2. The van der Waals surface area contributed by atoms with E-state index in [1.54, 1.807) is 36.0 Å². The van der Waals surface area contributed by atoms with Gasteiger partial charge in [0, 0.05) is 38.8 Å². The predicted octanol–water partition coefficient (Wildman–Crippen LogP) is 5.70. The summed E-state index contributed by atoms with van der Waals surface area (Å²) < 4.78 is 0. The Morgan fingerprint density at radius 2 is 1.74 bits per heavy atom. The van der Waals surface area contributed by atoms with Gasteiger partial charge in [-0.05, 0) is 35.9 Å². The number of anilines is 1. The molecular formula is C16H15Cl3N2OS. The number of nitrogens with one attached hydrogen (secondary N) is 2. The quantitative estimate of drug-likeness (QED) is 0.622. The molecule has 0 aliphatic carbocycles. The van der Waals surface area contributed by atoms with Gasteiger partial charge in [0.25, 0.3) is 0 Å². The first kappa shape index (κ1) is 18.3. The summed E-state index contributed by atoms with van der Waals surface area (Å²) in [6.45, 7) is 0.541. The average Bonchev–Trinajstić information content (AvgIpc) is 2.49. The number of amides is 2. The molecule has 7 heteroatoms. The van der Waals surface area contributed by atoms with E-state index in [-0.39, 0.29) is 6.03 Å². The Morgan fingerprint density at radius 1 is 1.04 bits per heavy atom. The number of carbonyl (C=O) groups excluding carboxylic acids is 1. The topological polar surface area (TPSA) is 41.1 Å². The van der Waals surface area contributed by atoms with Crippen LogP contribution in [0.1, 0.15) is 5.56 Å². The molecule has 0 bridgehead atoms. The summed E-state index contributed by atoms with van der Waals surface area (Å²) in [5.41, 5.74) is 1.58. The van der Waals surface area contributed by atoms with Gasteiger partial charge in [-0.2, -0.15) is 11.8 Å². The Labute approximate surface area is 154 Å². The van der Waals surface area contributed by atoms with Crippen LogP contribution in [0.3, 0.4) is 0 Å². The molecule has 0 heterocycles. The number of carbonyl (C=O) groups is 1. The van der Waals surface area contributed by atoms with Crippen LogP contribution in [0.2, 0.25) is 15.1 Å². The summed E-state index contributed by atoms with van der Waals surface area (Å²) in [4.78, 5) is 11.7. The van der Waals surface area contributed by atoms with Crippen LogP contribution < -0.4 is 10.6 Å². The van der Waals surface area contributed by atoms with Crippen LogP contribution in [0.5, 0.6) is 0 Å². The van der Waals surface area contributed by atoms with Gasteiger partial charge in [-0.1, -0.05) is 46.9 Å². The van der Waals surface area contributed by atoms with Crippen LogP contribution in [-0.2, 0) is 5.75 Å². The molecule has 0 unspecified atom stereocenters. The van der Waals surface area contributed by atoms with Crippen LogP contribution in [0.25, 0.3) is 0 Å². The van der Waals surface area contributed by atoms with Gasteiger partial charge >= 0.3 is 6.03 Å². The average molecular weight is 390 g/mol. The highest BCUT2D eigenvalue weighted by Crippen LogP contribution is 2.27. The molecular weight excluding hydrogens is 375 g/mol. The van der Waals surface area contributed by atoms with E-state index in [2.05, 4.69) is 10.6 Å². The molecule has 0 aliphatic heterocycles. The molecule has 2 aromatic rings. The lowest BCUT2D eigenvalue weighted by Crippen LogP contribution is -2.30. The third-order valence-corrected chi connectivity index (χ3v) is 4.85. The summed E-state index contributed by atoms with van der Waals surface area (Å²) in [5, 5.41) is 7.42. The molecule has 2 amide bonds. The third-order valence-electron chi connectivity index (χ3n) is 2.92. The lowest BCUT2D eigenvalue weighted by atomic mass is 10.2. The predicted molar refractivity (Wildman–Crippen MR) is 101 cm³/mol. The fraction of sp³-hybridized carbons (Fsp3) is 0.188. The minimum atomic E-state index is -0.261. The van der Waals surface area contributed by atoms with Crippen molar-refractivity contribution in [1.82, 2.24) is 5.32 Å². The smallest absolute Gasteiger partial charge is 0.319 e. The normalized spacial score (nSPS) is 10.4. The fourth-order valence-corrected chi connectivity index (χ4v) is 3.61. The maximum absolute atomic E-state index is 11.7. The monoisotopic (exact) mass is 388 g/mol. The van der Waals surface area contributed by atoms with E-state index in [1.807, 2.05) is 18.2 Å². The molecule has 0 atom stereocenters. The van der Waals surface area contributed by atoms with E-state index in [1.165, 1.54) is 0 Å². The van der Waals surface area contributed by atoms with Crippen LogP contribution >= 0.6 is 46.6 Å². The summed E-state index contributed by atoms with van der Waals surface area (Å²) in [6.07, 6.45) is 0. The molecule has 0 saturated heterocycles. The highest BCUT2D eigenvalue weighted by molar-refractivity contribution is 7.98. The van der Waals surface area contributed by atoms with Crippen molar-refractivity contribution in [3.8, 4) is 0 Å². The van der Waals surface area contributed by atoms with E-state index < -0.39 is 0 Å². The number of hydrogen-bond acceptors (Lipinski definition) is 2. The molecule has 23 heavy (non-hydrogen) atoms. The van der Waals surface area contributed by atoms with E-state index in [0.717, 1.165) is 11.3 Å². The molecule has 2 rings (SSSR count). The molecule has 0 saturated carbocycles. The molecule has 0 spiro atoms. The van der Waals surface area contributed by atoms with Crippen LogP contribution in [0.4, 0.5) is 10.5 Å². The van der Waals surface area contributed by atoms with Gasteiger partial charge in [-0.25, -0.2) is 4.79 Å². The van der Waals surface area contributed by atoms with Crippen LogP contribution in [-0.4, -0.2) is 18.3 Å². The molecule has 0 aromatic heterocycles. The zero-order valence-corrected chi connectivity index (χ0v) is 15.2. The number of rotatable bonds is 6. The SMILES string of the molecule is O=C(NCCSCc1c(Cl)cccc1Cl)Nc1cccc(Cl)c1. The van der Waals surface area contributed by atoms with Gasteiger partial charge in [-0.15, -0.1) is 0 Å². The summed E-state index contributed by atoms with van der Waals surface area (Å²) in [5.74, 6) is 1.46. The minimum Gasteiger partial charge on any atom is -0.337 e. The molecule has 0 aliphatic rings. The maximum atomic E-state index is 11.7. The number of halogens is 3. The summed E-state index contributed by atoms with van der Waals surface area (Å²) in [7, 11) is 0. The van der Waals surface area contributed by atoms with E-state index in [4.69, 9.17) is 34.8 Å². The first-order valence-corrected chi connectivity index (χ1v) is 9.16. The maximum Gasteiger partial charge on any atom is 0.319 e. The van der Waals surface area contributed by atoms with Gasteiger partial charge in [0.2, 0.25) is 0 Å². The van der Waals surface area contributed by atoms with Crippen molar-refractivity contribution >= 4 is 58.3 Å². The van der Waals surface area contributed by atoms with Gasteiger partial charge < -0.3 is 10.6 Å². The second kappa shape index (κ2) is 9.28. The lowest BCUT2D eigenvalue weighted by Gasteiger charge is -2.09. The van der Waals surface area contributed by atoms with Crippen molar-refractivity contribution in [2.24, 2.45) is 0 Å². The summed E-state index contributed by atoms with van der Waals surface area (Å²) in [6, 6.07) is 12.2. The van der Waals surface area contributed by atoms with Crippen molar-refractivity contribution in [1.29, 1.82) is 0 Å². The Balaban J connectivity index is 1.68. The second-order valence-electron chi connectivity index (χ2n) is 4.64. The third kappa shape index (κ3) is 6.15. The van der Waals surface area contributed by atoms with Crippen molar-refractivity contribution in [2.45, 2.75) is 5.75 Å². The fourth-order valence-electron chi connectivity index (χ4n) is 1.82. The highest BCUT2D eigenvalue weighted by Gasteiger charge is 2.06. The van der Waals surface area contributed by atoms with Gasteiger partial charge in [0.1, 0.15) is 0 Å². The molecule has 2 aromatic carbocycles. The number of urea groups is 1. The molecule has 2 N–H and O–H groups in total. The van der Waals surface area contributed by atoms with E-state index >= 15 is 0 Å². The van der Waals surface area contributed by atoms with Crippen molar-refractivity contribution in [2.75, 3.05) is 17.6 Å². The van der Waals surface area contributed by atoms with Gasteiger partial charge in [0.15, 0.2) is 0 Å². The zero-order chi connectivity index (χ0) is 16.7. The Bertz CT molecular complexity index is 662. The highest BCUT2D eigenvalue weighted by atomic mass is 35.5. The number of benzene rings is 2. The van der Waals surface area contributed by atoms with Crippen LogP contribution in [0, 0.1) is 0 Å². The van der Waals surface area contributed by atoms with Crippen molar-refractivity contribution in [3.63, 3.8) is 0 Å². The van der Waals surface area contributed by atoms with E-state index in [0.29, 0.717) is 33.1 Å². The Kier molecular flexibility index (Phi) is 7.37. The largest absolute Gasteiger partial charge is 0.337 e. The molecule has 0 fully saturated rings. The van der Waals surface area contributed by atoms with Crippen LogP contribution in [0.15, 0.2) is 42.5 Å². The van der Waals surface area contributed by atoms with Gasteiger partial charge in [0.05, 0.1) is 0 Å². The van der Waals surface area contributed by atoms with Crippen molar-refractivity contribution in [3.05, 3.63) is 63.1 Å².